The molecule has 3 aromatic rings. The summed E-state index contributed by atoms with van der Waals surface area (Å²) in [6.07, 6.45) is 1.03. The van der Waals surface area contributed by atoms with Crippen LogP contribution in [0.4, 0.5) is 11.4 Å². The van der Waals surface area contributed by atoms with Crippen LogP contribution in [0.25, 0.3) is 0 Å². The Morgan fingerprint density at radius 3 is 1.91 bits per heavy atom. The van der Waals surface area contributed by atoms with Crippen molar-refractivity contribution in [2.75, 3.05) is 11.4 Å². The van der Waals surface area contributed by atoms with E-state index in [9.17, 15) is 0 Å². The maximum atomic E-state index is 3.50. The van der Waals surface area contributed by atoms with Gasteiger partial charge in [-0.15, -0.1) is 0 Å². The summed E-state index contributed by atoms with van der Waals surface area (Å²) < 4.78 is 1.13. The van der Waals surface area contributed by atoms with Gasteiger partial charge >= 0.3 is 0 Å². The zero-order valence-corrected chi connectivity index (χ0v) is 15.0. The van der Waals surface area contributed by atoms with E-state index in [2.05, 4.69) is 93.6 Å². The second kappa shape index (κ2) is 6.42. The van der Waals surface area contributed by atoms with E-state index in [1.165, 1.54) is 26.7 Å². The number of nitrogens with zero attached hydrogens (tertiary/aromatic N) is 1. The van der Waals surface area contributed by atoms with Crippen molar-refractivity contribution >= 4 is 39.1 Å². The summed E-state index contributed by atoms with van der Waals surface area (Å²) in [6, 6.07) is 26.0. The Labute approximate surface area is 149 Å². The van der Waals surface area contributed by atoms with Gasteiger partial charge in [0.05, 0.1) is 11.4 Å². The van der Waals surface area contributed by atoms with Gasteiger partial charge in [0.25, 0.3) is 0 Å². The highest BCUT2D eigenvalue weighted by molar-refractivity contribution is 9.10. The van der Waals surface area contributed by atoms with Crippen molar-refractivity contribution in [3.05, 3.63) is 82.8 Å². The second-order valence-electron chi connectivity index (χ2n) is 5.57. The zero-order valence-electron chi connectivity index (χ0n) is 12.6. The van der Waals surface area contributed by atoms with Gasteiger partial charge in [-0.2, -0.15) is 0 Å². The first kappa shape index (κ1) is 14.9. The molecule has 0 aromatic heterocycles. The lowest BCUT2D eigenvalue weighted by Crippen LogP contribution is -2.23. The molecule has 1 aliphatic heterocycles. The van der Waals surface area contributed by atoms with Crippen molar-refractivity contribution in [2.24, 2.45) is 0 Å². The standard InChI is InChI=1S/C20H16BrNS/c21-16-11-9-15(10-12-16)13-14-22-17-5-1-3-7-19(17)23-20-8-4-2-6-18(20)22/h1-12H,13-14H2. The van der Waals surface area contributed by atoms with Crippen LogP contribution >= 0.6 is 27.7 Å². The molecule has 0 radical (unpaired) electrons. The molecule has 3 heteroatoms. The van der Waals surface area contributed by atoms with Crippen LogP contribution in [0, 0.1) is 0 Å². The average Bonchev–Trinajstić information content (AvgIpc) is 2.60. The third kappa shape index (κ3) is 3.04. The quantitative estimate of drug-likeness (QED) is 0.523. The maximum absolute atomic E-state index is 3.50. The van der Waals surface area contributed by atoms with E-state index >= 15 is 0 Å². The molecule has 0 fully saturated rings. The molecule has 1 nitrogen and oxygen atoms in total. The molecule has 1 aliphatic rings. The topological polar surface area (TPSA) is 3.24 Å². The lowest BCUT2D eigenvalue weighted by molar-refractivity contribution is 0.891. The molecular weight excluding hydrogens is 366 g/mol. The summed E-state index contributed by atoms with van der Waals surface area (Å²) in [4.78, 5) is 5.12. The number of halogens is 1. The summed E-state index contributed by atoms with van der Waals surface area (Å²) in [5.41, 5.74) is 3.99. The van der Waals surface area contributed by atoms with E-state index in [0.29, 0.717) is 0 Å². The minimum absolute atomic E-state index is 0.982. The Kier molecular flexibility index (Phi) is 4.15. The minimum atomic E-state index is 0.982. The molecule has 0 unspecified atom stereocenters. The fraction of sp³-hybridized carbons (Fsp3) is 0.100. The first-order valence-corrected chi connectivity index (χ1v) is 9.30. The molecule has 0 atom stereocenters. The molecule has 114 valence electrons. The molecule has 23 heavy (non-hydrogen) atoms. The molecule has 0 spiro atoms. The number of fused-ring (bicyclic) bond motifs is 2. The van der Waals surface area contributed by atoms with Gasteiger partial charge in [0.2, 0.25) is 0 Å². The molecule has 1 heterocycles. The highest BCUT2D eigenvalue weighted by Gasteiger charge is 2.22. The van der Waals surface area contributed by atoms with Crippen LogP contribution < -0.4 is 4.90 Å². The number of para-hydroxylation sites is 2. The van der Waals surface area contributed by atoms with Crippen LogP contribution in [-0.4, -0.2) is 6.54 Å². The lowest BCUT2D eigenvalue weighted by Gasteiger charge is -2.32. The Hall–Kier alpha value is -1.71. The highest BCUT2D eigenvalue weighted by atomic mass is 79.9. The monoisotopic (exact) mass is 381 g/mol. The van der Waals surface area contributed by atoms with Crippen LogP contribution in [0.3, 0.4) is 0 Å². The summed E-state index contributed by atoms with van der Waals surface area (Å²) >= 11 is 5.36. The van der Waals surface area contributed by atoms with Crippen molar-refractivity contribution in [2.45, 2.75) is 16.2 Å². The fourth-order valence-electron chi connectivity index (χ4n) is 2.91. The predicted molar refractivity (Wildman–Crippen MR) is 102 cm³/mol. The van der Waals surface area contributed by atoms with E-state index in [1.54, 1.807) is 0 Å². The second-order valence-corrected chi connectivity index (χ2v) is 7.57. The molecule has 3 aromatic carbocycles. The summed E-state index contributed by atoms with van der Waals surface area (Å²) in [7, 11) is 0. The number of hydrogen-bond donors (Lipinski definition) is 0. The molecule has 0 saturated heterocycles. The van der Waals surface area contributed by atoms with Crippen LogP contribution in [0.15, 0.2) is 87.1 Å². The summed E-state index contributed by atoms with van der Waals surface area (Å²) in [5.74, 6) is 0. The highest BCUT2D eigenvalue weighted by Crippen LogP contribution is 2.47. The number of benzene rings is 3. The SMILES string of the molecule is Brc1ccc(CCN2c3ccccc3Sc3ccccc32)cc1. The smallest absolute Gasteiger partial charge is 0.0552 e. The number of anilines is 2. The zero-order chi connectivity index (χ0) is 15.6. The maximum Gasteiger partial charge on any atom is 0.0552 e. The van der Waals surface area contributed by atoms with E-state index in [1.807, 2.05) is 11.8 Å². The Bertz CT molecular complexity index is 784. The van der Waals surface area contributed by atoms with Crippen molar-refractivity contribution in [3.8, 4) is 0 Å². The molecule has 0 amide bonds. The first-order valence-electron chi connectivity index (χ1n) is 7.69. The molecule has 0 bridgehead atoms. The molecule has 0 N–H and O–H groups in total. The molecule has 0 saturated carbocycles. The third-order valence-electron chi connectivity index (χ3n) is 4.07. The van der Waals surface area contributed by atoms with Crippen molar-refractivity contribution in [1.82, 2.24) is 0 Å². The fourth-order valence-corrected chi connectivity index (χ4v) is 4.27. The number of hydrogen-bond acceptors (Lipinski definition) is 2. The van der Waals surface area contributed by atoms with Gasteiger partial charge in [-0.05, 0) is 48.4 Å². The molecule has 0 aliphatic carbocycles. The van der Waals surface area contributed by atoms with Gasteiger partial charge in [0.1, 0.15) is 0 Å². The Morgan fingerprint density at radius 2 is 1.30 bits per heavy atom. The minimum Gasteiger partial charge on any atom is -0.339 e. The first-order chi connectivity index (χ1) is 11.3. The van der Waals surface area contributed by atoms with Crippen LogP contribution in [-0.2, 0) is 6.42 Å². The van der Waals surface area contributed by atoms with Crippen LogP contribution in [0.1, 0.15) is 5.56 Å². The molecular formula is C20H16BrNS. The Balaban J connectivity index is 1.66. The normalized spacial score (nSPS) is 12.7. The summed E-state index contributed by atoms with van der Waals surface area (Å²) in [5, 5.41) is 0. The third-order valence-corrected chi connectivity index (χ3v) is 5.73. The Morgan fingerprint density at radius 1 is 0.739 bits per heavy atom. The van der Waals surface area contributed by atoms with E-state index in [0.717, 1.165) is 17.4 Å². The largest absolute Gasteiger partial charge is 0.339 e. The average molecular weight is 382 g/mol. The van der Waals surface area contributed by atoms with Crippen molar-refractivity contribution in [3.63, 3.8) is 0 Å². The van der Waals surface area contributed by atoms with E-state index in [-0.39, 0.29) is 0 Å². The van der Waals surface area contributed by atoms with Gasteiger partial charge in [-0.1, -0.05) is 64.1 Å². The van der Waals surface area contributed by atoms with Crippen LogP contribution in [0.2, 0.25) is 0 Å². The van der Waals surface area contributed by atoms with Gasteiger partial charge in [-0.25, -0.2) is 0 Å². The lowest BCUT2D eigenvalue weighted by atomic mass is 10.1. The van der Waals surface area contributed by atoms with Gasteiger partial charge < -0.3 is 4.90 Å². The van der Waals surface area contributed by atoms with Gasteiger partial charge in [-0.3, -0.25) is 0 Å². The van der Waals surface area contributed by atoms with E-state index in [4.69, 9.17) is 0 Å². The summed E-state index contributed by atoms with van der Waals surface area (Å²) in [6.45, 7) is 0.982. The predicted octanol–water partition coefficient (Wildman–Crippen LogP) is 6.29. The van der Waals surface area contributed by atoms with E-state index < -0.39 is 0 Å². The van der Waals surface area contributed by atoms with Gasteiger partial charge in [0.15, 0.2) is 0 Å². The van der Waals surface area contributed by atoms with Crippen molar-refractivity contribution in [1.29, 1.82) is 0 Å². The molecule has 4 rings (SSSR count). The van der Waals surface area contributed by atoms with Gasteiger partial charge in [0, 0.05) is 20.8 Å². The van der Waals surface area contributed by atoms with Crippen LogP contribution in [0.5, 0.6) is 0 Å². The number of rotatable bonds is 3. The van der Waals surface area contributed by atoms with Crippen molar-refractivity contribution < 1.29 is 0 Å².